The van der Waals surface area contributed by atoms with Crippen molar-refractivity contribution in [3.05, 3.63) is 0 Å². The Morgan fingerprint density at radius 1 is 1.41 bits per heavy atom. The third kappa shape index (κ3) is 4.34. The van der Waals surface area contributed by atoms with Crippen molar-refractivity contribution in [2.24, 2.45) is 17.6 Å². The fourth-order valence-electron chi connectivity index (χ4n) is 2.24. The summed E-state index contributed by atoms with van der Waals surface area (Å²) in [6.07, 6.45) is 2.74. The molecule has 98 valence electrons. The molecule has 0 aromatic heterocycles. The number of rotatable bonds is 5. The molecule has 1 rings (SSSR count). The maximum Gasteiger partial charge on any atom is 0.326 e. The molecule has 1 aliphatic rings. The van der Waals surface area contributed by atoms with Gasteiger partial charge < -0.3 is 16.2 Å². The van der Waals surface area contributed by atoms with Gasteiger partial charge in [-0.1, -0.05) is 13.8 Å². The molecular weight excluding hydrogens is 220 g/mol. The van der Waals surface area contributed by atoms with E-state index in [1.54, 1.807) is 0 Å². The average Bonchev–Trinajstić information content (AvgIpc) is 2.63. The summed E-state index contributed by atoms with van der Waals surface area (Å²) in [6.45, 7) is 3.88. The lowest BCUT2D eigenvalue weighted by atomic mass is 10.0. The number of nitrogens with one attached hydrogen (secondary N) is 1. The quantitative estimate of drug-likeness (QED) is 0.662. The van der Waals surface area contributed by atoms with Crippen LogP contribution in [0.15, 0.2) is 0 Å². The van der Waals surface area contributed by atoms with E-state index >= 15 is 0 Å². The summed E-state index contributed by atoms with van der Waals surface area (Å²) >= 11 is 0. The zero-order chi connectivity index (χ0) is 13.0. The fourth-order valence-corrected chi connectivity index (χ4v) is 2.24. The molecule has 0 saturated heterocycles. The SMILES string of the molecule is CC(C)C[C@H](NC(=O)C1CCC(N)C1)C(=O)O. The number of amides is 1. The second kappa shape index (κ2) is 6.00. The monoisotopic (exact) mass is 242 g/mol. The van der Waals surface area contributed by atoms with Crippen molar-refractivity contribution in [1.29, 1.82) is 0 Å². The Balaban J connectivity index is 2.49. The lowest BCUT2D eigenvalue weighted by Crippen LogP contribution is -2.44. The van der Waals surface area contributed by atoms with Gasteiger partial charge in [0.1, 0.15) is 6.04 Å². The largest absolute Gasteiger partial charge is 0.480 e. The van der Waals surface area contributed by atoms with Crippen LogP contribution >= 0.6 is 0 Å². The predicted molar refractivity (Wildman–Crippen MR) is 64.3 cm³/mol. The summed E-state index contributed by atoms with van der Waals surface area (Å²) in [5.41, 5.74) is 5.74. The minimum Gasteiger partial charge on any atom is -0.480 e. The van der Waals surface area contributed by atoms with E-state index < -0.39 is 12.0 Å². The highest BCUT2D eigenvalue weighted by atomic mass is 16.4. The Morgan fingerprint density at radius 3 is 2.47 bits per heavy atom. The summed E-state index contributed by atoms with van der Waals surface area (Å²) in [5, 5.41) is 11.6. The minimum atomic E-state index is -0.964. The molecule has 4 N–H and O–H groups in total. The van der Waals surface area contributed by atoms with Gasteiger partial charge in [0.25, 0.3) is 0 Å². The third-order valence-electron chi connectivity index (χ3n) is 3.17. The first-order valence-electron chi connectivity index (χ1n) is 6.19. The van der Waals surface area contributed by atoms with Gasteiger partial charge in [0, 0.05) is 12.0 Å². The molecule has 5 heteroatoms. The van der Waals surface area contributed by atoms with Crippen LogP contribution in [0.4, 0.5) is 0 Å². The highest BCUT2D eigenvalue weighted by Gasteiger charge is 2.30. The fraction of sp³-hybridized carbons (Fsp3) is 0.833. The van der Waals surface area contributed by atoms with Crippen LogP contribution in [-0.2, 0) is 9.59 Å². The number of aliphatic carboxylic acids is 1. The topological polar surface area (TPSA) is 92.4 Å². The molecule has 0 aromatic rings. The van der Waals surface area contributed by atoms with Crippen LogP contribution < -0.4 is 11.1 Å². The third-order valence-corrected chi connectivity index (χ3v) is 3.17. The van der Waals surface area contributed by atoms with Crippen LogP contribution in [0.3, 0.4) is 0 Å². The highest BCUT2D eigenvalue weighted by molar-refractivity contribution is 5.85. The lowest BCUT2D eigenvalue weighted by molar-refractivity contribution is -0.142. The molecule has 5 nitrogen and oxygen atoms in total. The van der Waals surface area contributed by atoms with Gasteiger partial charge in [0.15, 0.2) is 0 Å². The molecule has 1 aliphatic carbocycles. The number of nitrogens with two attached hydrogens (primary N) is 1. The number of hydrogen-bond donors (Lipinski definition) is 3. The standard InChI is InChI=1S/C12H22N2O3/c1-7(2)5-10(12(16)17)14-11(15)8-3-4-9(13)6-8/h7-10H,3-6,13H2,1-2H3,(H,14,15)(H,16,17)/t8?,9?,10-/m0/s1. The molecule has 17 heavy (non-hydrogen) atoms. The summed E-state index contributed by atoms with van der Waals surface area (Å²) in [6, 6.07) is -0.696. The number of carboxylic acids is 1. The molecule has 0 heterocycles. The maximum atomic E-state index is 11.9. The molecule has 2 unspecified atom stereocenters. The summed E-state index contributed by atoms with van der Waals surface area (Å²) in [5.74, 6) is -0.999. The summed E-state index contributed by atoms with van der Waals surface area (Å²) in [7, 11) is 0. The Hall–Kier alpha value is -1.10. The average molecular weight is 242 g/mol. The number of carboxylic acid groups (broad SMARTS) is 1. The molecule has 0 spiro atoms. The van der Waals surface area contributed by atoms with Crippen LogP contribution in [0.5, 0.6) is 0 Å². The molecule has 0 bridgehead atoms. The number of carbonyl (C=O) groups is 2. The summed E-state index contributed by atoms with van der Waals surface area (Å²) in [4.78, 5) is 22.9. The first-order chi connectivity index (χ1) is 7.90. The molecule has 3 atom stereocenters. The van der Waals surface area contributed by atoms with Gasteiger partial charge in [-0.05, 0) is 31.6 Å². The van der Waals surface area contributed by atoms with Crippen LogP contribution in [0.1, 0.15) is 39.5 Å². The predicted octanol–water partition coefficient (Wildman–Crippen LogP) is 0.729. The van der Waals surface area contributed by atoms with Crippen molar-refractivity contribution in [2.45, 2.75) is 51.6 Å². The Bertz CT molecular complexity index is 291. The number of carbonyl (C=O) groups excluding carboxylic acids is 1. The van der Waals surface area contributed by atoms with Gasteiger partial charge in [-0.2, -0.15) is 0 Å². The lowest BCUT2D eigenvalue weighted by Gasteiger charge is -2.18. The molecule has 0 radical (unpaired) electrons. The van der Waals surface area contributed by atoms with E-state index in [1.807, 2.05) is 13.8 Å². The highest BCUT2D eigenvalue weighted by Crippen LogP contribution is 2.24. The van der Waals surface area contributed by atoms with E-state index in [-0.39, 0.29) is 23.8 Å². The van der Waals surface area contributed by atoms with E-state index in [4.69, 9.17) is 10.8 Å². The molecule has 0 aliphatic heterocycles. The zero-order valence-corrected chi connectivity index (χ0v) is 10.5. The first kappa shape index (κ1) is 14.0. The smallest absolute Gasteiger partial charge is 0.326 e. The van der Waals surface area contributed by atoms with Crippen molar-refractivity contribution in [3.63, 3.8) is 0 Å². The van der Waals surface area contributed by atoms with Crippen LogP contribution in [-0.4, -0.2) is 29.1 Å². The Morgan fingerprint density at radius 2 is 2.06 bits per heavy atom. The van der Waals surface area contributed by atoms with E-state index in [9.17, 15) is 9.59 Å². The van der Waals surface area contributed by atoms with Gasteiger partial charge in [-0.3, -0.25) is 4.79 Å². The number of hydrogen-bond acceptors (Lipinski definition) is 3. The van der Waals surface area contributed by atoms with E-state index in [2.05, 4.69) is 5.32 Å². The first-order valence-corrected chi connectivity index (χ1v) is 6.19. The summed E-state index contributed by atoms with van der Waals surface area (Å²) < 4.78 is 0. The van der Waals surface area contributed by atoms with Crippen LogP contribution in [0.25, 0.3) is 0 Å². The van der Waals surface area contributed by atoms with E-state index in [0.29, 0.717) is 12.8 Å². The van der Waals surface area contributed by atoms with Crippen LogP contribution in [0, 0.1) is 11.8 Å². The second-order valence-corrected chi connectivity index (χ2v) is 5.30. The van der Waals surface area contributed by atoms with Gasteiger partial charge in [-0.15, -0.1) is 0 Å². The maximum absolute atomic E-state index is 11.9. The van der Waals surface area contributed by atoms with Gasteiger partial charge >= 0.3 is 5.97 Å². The van der Waals surface area contributed by atoms with Crippen molar-refractivity contribution in [3.8, 4) is 0 Å². The normalized spacial score (nSPS) is 25.9. The van der Waals surface area contributed by atoms with Crippen molar-refractivity contribution in [1.82, 2.24) is 5.32 Å². The van der Waals surface area contributed by atoms with E-state index in [0.717, 1.165) is 12.8 Å². The minimum absolute atomic E-state index is 0.0825. The van der Waals surface area contributed by atoms with Gasteiger partial charge in [-0.25, -0.2) is 4.79 Å². The molecule has 1 amide bonds. The van der Waals surface area contributed by atoms with Crippen molar-refractivity contribution < 1.29 is 14.7 Å². The van der Waals surface area contributed by atoms with Crippen LogP contribution in [0.2, 0.25) is 0 Å². The molecule has 0 aromatic carbocycles. The van der Waals surface area contributed by atoms with E-state index in [1.165, 1.54) is 0 Å². The molecule has 1 saturated carbocycles. The zero-order valence-electron chi connectivity index (χ0n) is 10.5. The Labute approximate surface area is 102 Å². The van der Waals surface area contributed by atoms with Gasteiger partial charge in [0.05, 0.1) is 0 Å². The molecular formula is C12H22N2O3. The molecule has 1 fully saturated rings. The van der Waals surface area contributed by atoms with Crippen molar-refractivity contribution >= 4 is 11.9 Å². The second-order valence-electron chi connectivity index (χ2n) is 5.30. The van der Waals surface area contributed by atoms with Crippen molar-refractivity contribution in [2.75, 3.05) is 0 Å². The Kier molecular flexibility index (Phi) is 4.93. The van der Waals surface area contributed by atoms with Gasteiger partial charge in [0.2, 0.25) is 5.91 Å².